The van der Waals surface area contributed by atoms with E-state index in [0.29, 0.717) is 6.54 Å². The van der Waals surface area contributed by atoms with Crippen LogP contribution in [-0.2, 0) is 11.3 Å². The van der Waals surface area contributed by atoms with Gasteiger partial charge in [0.15, 0.2) is 0 Å². The van der Waals surface area contributed by atoms with Crippen molar-refractivity contribution in [1.29, 1.82) is 0 Å². The van der Waals surface area contributed by atoms with Gasteiger partial charge in [-0.25, -0.2) is 4.79 Å². The number of carbonyl (C=O) groups excluding carboxylic acids is 1. The maximum atomic E-state index is 11.6. The van der Waals surface area contributed by atoms with Crippen molar-refractivity contribution in [3.8, 4) is 5.75 Å². The van der Waals surface area contributed by atoms with E-state index in [1.807, 2.05) is 12.1 Å². The molecule has 0 spiro atoms. The van der Waals surface area contributed by atoms with Crippen LogP contribution in [0.2, 0.25) is 0 Å². The molecule has 2 rings (SSSR count). The summed E-state index contributed by atoms with van der Waals surface area (Å²) < 4.78 is 9.71. The molecule has 2 aromatic rings. The number of anilines is 1. The van der Waals surface area contributed by atoms with Crippen LogP contribution < -0.4 is 10.1 Å². The van der Waals surface area contributed by atoms with E-state index in [1.165, 1.54) is 25.3 Å². The average Bonchev–Trinajstić information content (AvgIpc) is 2.59. The Morgan fingerprint density at radius 1 is 1.17 bits per heavy atom. The zero-order valence-electron chi connectivity index (χ0n) is 12.7. The van der Waals surface area contributed by atoms with Gasteiger partial charge in [-0.15, -0.1) is 0 Å². The van der Waals surface area contributed by atoms with Crippen LogP contribution in [0.25, 0.3) is 0 Å². The maximum absolute atomic E-state index is 11.6. The fraction of sp³-hybridized carbons (Fsp3) is 0.188. The number of benzene rings is 2. The Morgan fingerprint density at radius 2 is 1.87 bits per heavy atom. The summed E-state index contributed by atoms with van der Waals surface area (Å²) in [5, 5.41) is 14.1. The predicted octanol–water partition coefficient (Wildman–Crippen LogP) is 3.00. The van der Waals surface area contributed by atoms with Gasteiger partial charge in [-0.1, -0.05) is 12.1 Å². The fourth-order valence-electron chi connectivity index (χ4n) is 2.02. The molecule has 0 aromatic heterocycles. The number of esters is 1. The number of ether oxygens (including phenoxy) is 2. The minimum Gasteiger partial charge on any atom is -0.497 e. The Hall–Kier alpha value is -3.09. The van der Waals surface area contributed by atoms with Gasteiger partial charge in [-0.05, 0) is 29.8 Å². The molecular weight excluding hydrogens is 300 g/mol. The van der Waals surface area contributed by atoms with Crippen molar-refractivity contribution in [2.75, 3.05) is 19.5 Å². The van der Waals surface area contributed by atoms with Crippen LogP contribution in [0.15, 0.2) is 42.5 Å². The van der Waals surface area contributed by atoms with E-state index in [-0.39, 0.29) is 16.9 Å². The first-order valence-electron chi connectivity index (χ1n) is 6.78. The number of hydrogen-bond donors (Lipinski definition) is 1. The molecule has 7 heteroatoms. The van der Waals surface area contributed by atoms with Gasteiger partial charge in [0.1, 0.15) is 11.4 Å². The molecule has 0 aliphatic heterocycles. The normalized spacial score (nSPS) is 10.0. The van der Waals surface area contributed by atoms with Crippen molar-refractivity contribution < 1.29 is 19.2 Å². The van der Waals surface area contributed by atoms with Crippen molar-refractivity contribution in [2.45, 2.75) is 6.54 Å². The second-order valence-corrected chi connectivity index (χ2v) is 4.68. The number of hydrogen-bond acceptors (Lipinski definition) is 6. The van der Waals surface area contributed by atoms with E-state index in [4.69, 9.17) is 4.74 Å². The molecule has 0 bridgehead atoms. The molecule has 120 valence electrons. The van der Waals surface area contributed by atoms with Crippen LogP contribution in [0.4, 0.5) is 11.4 Å². The van der Waals surface area contributed by atoms with Crippen LogP contribution >= 0.6 is 0 Å². The van der Waals surface area contributed by atoms with Crippen molar-refractivity contribution in [3.63, 3.8) is 0 Å². The van der Waals surface area contributed by atoms with Gasteiger partial charge in [0.25, 0.3) is 5.69 Å². The summed E-state index contributed by atoms with van der Waals surface area (Å²) in [6.07, 6.45) is 0. The first-order chi connectivity index (χ1) is 11.0. The summed E-state index contributed by atoms with van der Waals surface area (Å²) in [4.78, 5) is 22.2. The second kappa shape index (κ2) is 7.26. The van der Waals surface area contributed by atoms with Gasteiger partial charge in [-0.2, -0.15) is 0 Å². The minimum atomic E-state index is -0.549. The number of nitrogens with one attached hydrogen (secondary N) is 1. The third-order valence-corrected chi connectivity index (χ3v) is 3.26. The molecule has 0 radical (unpaired) electrons. The minimum absolute atomic E-state index is 0.105. The number of nitro benzene ring substituents is 1. The Morgan fingerprint density at radius 3 is 2.43 bits per heavy atom. The van der Waals surface area contributed by atoms with Gasteiger partial charge in [0.2, 0.25) is 0 Å². The molecule has 0 fully saturated rings. The number of methoxy groups -OCH3 is 2. The highest BCUT2D eigenvalue weighted by Gasteiger charge is 2.17. The molecule has 0 aliphatic carbocycles. The number of rotatable bonds is 6. The van der Waals surface area contributed by atoms with Crippen LogP contribution in [0.1, 0.15) is 15.9 Å². The standard InChI is InChI=1S/C16H16N2O5/c1-22-13-6-3-11(4-7-13)10-17-14-9-12(16(19)23-2)5-8-15(14)18(20)21/h3-9,17H,10H2,1-2H3. The van der Waals surface area contributed by atoms with E-state index in [9.17, 15) is 14.9 Å². The lowest BCUT2D eigenvalue weighted by atomic mass is 10.1. The van der Waals surface area contributed by atoms with Crippen LogP contribution in [0.3, 0.4) is 0 Å². The zero-order valence-corrected chi connectivity index (χ0v) is 12.7. The van der Waals surface area contributed by atoms with Gasteiger partial charge < -0.3 is 14.8 Å². The predicted molar refractivity (Wildman–Crippen MR) is 84.8 cm³/mol. The summed E-state index contributed by atoms with van der Waals surface area (Å²) in [5.74, 6) is 0.180. The summed E-state index contributed by atoms with van der Waals surface area (Å²) in [7, 11) is 2.84. The monoisotopic (exact) mass is 316 g/mol. The van der Waals surface area contributed by atoms with Crippen molar-refractivity contribution in [3.05, 3.63) is 63.7 Å². The van der Waals surface area contributed by atoms with E-state index in [0.717, 1.165) is 11.3 Å². The lowest BCUT2D eigenvalue weighted by molar-refractivity contribution is -0.384. The van der Waals surface area contributed by atoms with E-state index < -0.39 is 10.9 Å². The molecule has 1 N–H and O–H groups in total. The Labute approximate surface area is 133 Å². The Balaban J connectivity index is 2.21. The van der Waals surface area contributed by atoms with Crippen LogP contribution in [0, 0.1) is 10.1 Å². The number of carbonyl (C=O) groups is 1. The van der Waals surface area contributed by atoms with E-state index >= 15 is 0 Å². The maximum Gasteiger partial charge on any atom is 0.337 e. The number of nitrogens with zero attached hydrogens (tertiary/aromatic N) is 1. The lowest BCUT2D eigenvalue weighted by Gasteiger charge is -2.09. The van der Waals surface area contributed by atoms with Crippen molar-refractivity contribution in [1.82, 2.24) is 0 Å². The van der Waals surface area contributed by atoms with Crippen molar-refractivity contribution >= 4 is 17.3 Å². The molecule has 23 heavy (non-hydrogen) atoms. The van der Waals surface area contributed by atoms with E-state index in [2.05, 4.69) is 10.1 Å². The largest absolute Gasteiger partial charge is 0.497 e. The highest BCUT2D eigenvalue weighted by atomic mass is 16.6. The van der Waals surface area contributed by atoms with E-state index in [1.54, 1.807) is 19.2 Å². The molecule has 0 aliphatic rings. The molecular formula is C16H16N2O5. The SMILES string of the molecule is COC(=O)c1ccc([N+](=O)[O-])c(NCc2ccc(OC)cc2)c1. The van der Waals surface area contributed by atoms with Gasteiger partial charge in [0.05, 0.1) is 24.7 Å². The quantitative estimate of drug-likeness (QED) is 0.500. The second-order valence-electron chi connectivity index (χ2n) is 4.68. The molecule has 0 unspecified atom stereocenters. The summed E-state index contributed by atoms with van der Waals surface area (Å²) in [6, 6.07) is 11.4. The first kappa shape index (κ1) is 16.3. The zero-order chi connectivity index (χ0) is 16.8. The molecule has 0 saturated heterocycles. The lowest BCUT2D eigenvalue weighted by Crippen LogP contribution is -2.06. The third kappa shape index (κ3) is 3.97. The molecule has 0 saturated carbocycles. The third-order valence-electron chi connectivity index (χ3n) is 3.26. The smallest absolute Gasteiger partial charge is 0.337 e. The molecule has 0 heterocycles. The summed E-state index contributed by atoms with van der Waals surface area (Å²) >= 11 is 0. The Bertz CT molecular complexity index is 713. The molecule has 2 aromatic carbocycles. The molecule has 0 atom stereocenters. The van der Waals surface area contributed by atoms with Gasteiger partial charge in [0, 0.05) is 12.6 Å². The Kier molecular flexibility index (Phi) is 5.14. The molecule has 0 amide bonds. The summed E-state index contributed by atoms with van der Waals surface area (Å²) in [6.45, 7) is 0.370. The average molecular weight is 316 g/mol. The first-order valence-corrected chi connectivity index (χ1v) is 6.78. The van der Waals surface area contributed by atoms with Crippen LogP contribution in [-0.4, -0.2) is 25.1 Å². The van der Waals surface area contributed by atoms with Crippen LogP contribution in [0.5, 0.6) is 5.75 Å². The topological polar surface area (TPSA) is 90.7 Å². The molecule has 7 nitrogen and oxygen atoms in total. The fourth-order valence-corrected chi connectivity index (χ4v) is 2.02. The number of nitro groups is 1. The van der Waals surface area contributed by atoms with Gasteiger partial charge >= 0.3 is 5.97 Å². The highest BCUT2D eigenvalue weighted by Crippen LogP contribution is 2.26. The highest BCUT2D eigenvalue weighted by molar-refractivity contribution is 5.91. The van der Waals surface area contributed by atoms with Gasteiger partial charge in [-0.3, -0.25) is 10.1 Å². The summed E-state index contributed by atoms with van der Waals surface area (Å²) in [5.41, 5.74) is 1.32. The van der Waals surface area contributed by atoms with Crippen molar-refractivity contribution in [2.24, 2.45) is 0 Å².